The van der Waals surface area contributed by atoms with Crippen molar-refractivity contribution in [3.8, 4) is 0 Å². The van der Waals surface area contributed by atoms with Crippen molar-refractivity contribution in [2.45, 2.75) is 36.7 Å². The van der Waals surface area contributed by atoms with Gasteiger partial charge >= 0.3 is 0 Å². The molecule has 2 N–H and O–H groups in total. The van der Waals surface area contributed by atoms with Crippen LogP contribution in [0.5, 0.6) is 0 Å². The van der Waals surface area contributed by atoms with Crippen LogP contribution in [0.25, 0.3) is 10.2 Å². The van der Waals surface area contributed by atoms with E-state index >= 15 is 0 Å². The van der Waals surface area contributed by atoms with Gasteiger partial charge in [0.05, 0.1) is 21.2 Å². The molecule has 0 aliphatic carbocycles. The van der Waals surface area contributed by atoms with E-state index in [1.165, 1.54) is 23.5 Å². The molecule has 4 rings (SSSR count). The number of likely N-dealkylation sites (tertiary alicyclic amines) is 1. The lowest BCUT2D eigenvalue weighted by Gasteiger charge is -2.35. The van der Waals surface area contributed by atoms with Crippen molar-refractivity contribution >= 4 is 54.2 Å². The number of benzene rings is 2. The smallest absolute Gasteiger partial charge is 0.243 e. The first-order valence-electron chi connectivity index (χ1n) is 10.0. The van der Waals surface area contributed by atoms with Crippen molar-refractivity contribution < 1.29 is 13.2 Å². The van der Waals surface area contributed by atoms with Gasteiger partial charge < -0.3 is 5.32 Å². The van der Waals surface area contributed by atoms with E-state index in [4.69, 9.17) is 11.6 Å². The van der Waals surface area contributed by atoms with Gasteiger partial charge in [0.1, 0.15) is 0 Å². The maximum atomic E-state index is 12.7. The number of aromatic nitrogens is 1. The third-order valence-corrected chi connectivity index (χ3v) is 8.17. The SMILES string of the molecule is CC(C(=O)Nc1nc2ccccc2s1)N1CCC(NS(=O)(=O)c2ccc(Cl)cc2)CC1. The predicted molar refractivity (Wildman–Crippen MR) is 124 cm³/mol. The topological polar surface area (TPSA) is 91.4 Å². The van der Waals surface area contributed by atoms with Gasteiger partial charge in [0, 0.05) is 24.2 Å². The number of carbonyl (C=O) groups excluding carboxylic acids is 1. The summed E-state index contributed by atoms with van der Waals surface area (Å²) >= 11 is 7.29. The van der Waals surface area contributed by atoms with Crippen LogP contribution in [-0.4, -0.2) is 49.4 Å². The summed E-state index contributed by atoms with van der Waals surface area (Å²) in [5.74, 6) is -0.112. The Balaban J connectivity index is 1.31. The molecule has 1 atom stereocenters. The number of nitrogens with zero attached hydrogens (tertiary/aromatic N) is 2. The van der Waals surface area contributed by atoms with Gasteiger partial charge in [-0.15, -0.1) is 0 Å². The lowest BCUT2D eigenvalue weighted by molar-refractivity contribution is -0.121. The number of sulfonamides is 1. The van der Waals surface area contributed by atoms with Crippen LogP contribution in [0.4, 0.5) is 5.13 Å². The molecule has 2 aromatic carbocycles. The Kier molecular flexibility index (Phi) is 6.59. The summed E-state index contributed by atoms with van der Waals surface area (Å²) < 4.78 is 28.9. The molecule has 164 valence electrons. The summed E-state index contributed by atoms with van der Waals surface area (Å²) in [4.78, 5) is 19.4. The van der Waals surface area contributed by atoms with Gasteiger partial charge in [-0.2, -0.15) is 0 Å². The summed E-state index contributed by atoms with van der Waals surface area (Å²) in [5, 5.41) is 3.99. The number of hydrogen-bond donors (Lipinski definition) is 2. The molecule has 31 heavy (non-hydrogen) atoms. The molecule has 3 aromatic rings. The van der Waals surface area contributed by atoms with Crippen LogP contribution in [0, 0.1) is 0 Å². The highest BCUT2D eigenvalue weighted by Crippen LogP contribution is 2.26. The number of nitrogens with one attached hydrogen (secondary N) is 2. The lowest BCUT2D eigenvalue weighted by Crippen LogP contribution is -2.50. The fourth-order valence-electron chi connectivity index (χ4n) is 3.61. The fraction of sp³-hybridized carbons (Fsp3) is 0.333. The number of fused-ring (bicyclic) bond motifs is 1. The third-order valence-electron chi connectivity index (χ3n) is 5.43. The molecule has 0 bridgehead atoms. The summed E-state index contributed by atoms with van der Waals surface area (Å²) in [6.07, 6.45) is 1.26. The minimum Gasteiger partial charge on any atom is -0.301 e. The molecule has 0 radical (unpaired) electrons. The summed E-state index contributed by atoms with van der Waals surface area (Å²) in [6.45, 7) is 3.12. The first-order valence-corrected chi connectivity index (χ1v) is 12.7. The third kappa shape index (κ3) is 5.24. The molecule has 1 fully saturated rings. The van der Waals surface area contributed by atoms with Gasteiger partial charge in [-0.25, -0.2) is 18.1 Å². The summed E-state index contributed by atoms with van der Waals surface area (Å²) in [7, 11) is -3.60. The number of rotatable bonds is 6. The van der Waals surface area contributed by atoms with E-state index < -0.39 is 10.0 Å². The maximum absolute atomic E-state index is 12.7. The zero-order chi connectivity index (χ0) is 22.0. The Labute approximate surface area is 190 Å². The van der Waals surface area contributed by atoms with E-state index in [9.17, 15) is 13.2 Å². The number of hydrogen-bond acceptors (Lipinski definition) is 6. The van der Waals surface area contributed by atoms with Crippen molar-refractivity contribution in [1.29, 1.82) is 0 Å². The fourth-order valence-corrected chi connectivity index (χ4v) is 5.91. The number of halogens is 1. The minimum absolute atomic E-state index is 0.112. The van der Waals surface area contributed by atoms with Gasteiger partial charge in [-0.05, 0) is 56.2 Å². The summed E-state index contributed by atoms with van der Waals surface area (Å²) in [6, 6.07) is 13.4. The van der Waals surface area contributed by atoms with Crippen LogP contribution in [-0.2, 0) is 14.8 Å². The highest BCUT2D eigenvalue weighted by atomic mass is 35.5. The van der Waals surface area contributed by atoms with Crippen LogP contribution in [0.2, 0.25) is 5.02 Å². The van der Waals surface area contributed by atoms with Gasteiger partial charge in [-0.1, -0.05) is 35.1 Å². The Morgan fingerprint density at radius 2 is 1.84 bits per heavy atom. The molecule has 7 nitrogen and oxygen atoms in total. The second-order valence-electron chi connectivity index (χ2n) is 7.54. The standard InChI is InChI=1S/C21H23ClN4O3S2/c1-14(20(27)24-21-23-18-4-2-3-5-19(18)30-21)26-12-10-16(11-13-26)25-31(28,29)17-8-6-15(22)7-9-17/h2-9,14,16,25H,10-13H2,1H3,(H,23,24,27). The van der Waals surface area contributed by atoms with E-state index in [-0.39, 0.29) is 22.9 Å². The van der Waals surface area contributed by atoms with Crippen molar-refractivity contribution in [2.75, 3.05) is 18.4 Å². The Hall–Kier alpha value is -2.04. The maximum Gasteiger partial charge on any atom is 0.243 e. The van der Waals surface area contributed by atoms with Crippen LogP contribution >= 0.6 is 22.9 Å². The average molecular weight is 479 g/mol. The van der Waals surface area contributed by atoms with Crippen LogP contribution in [0.1, 0.15) is 19.8 Å². The quantitative estimate of drug-likeness (QED) is 0.563. The number of thiazole rings is 1. The molecule has 1 aliphatic rings. The monoisotopic (exact) mass is 478 g/mol. The van der Waals surface area contributed by atoms with Gasteiger partial charge in [-0.3, -0.25) is 9.69 Å². The van der Waals surface area contributed by atoms with E-state index in [0.717, 1.165) is 10.2 Å². The molecule has 0 spiro atoms. The number of carbonyl (C=O) groups is 1. The van der Waals surface area contributed by atoms with Crippen LogP contribution in [0.15, 0.2) is 53.4 Å². The molecule has 10 heteroatoms. The molecule has 1 aliphatic heterocycles. The van der Waals surface area contributed by atoms with Gasteiger partial charge in [0.2, 0.25) is 15.9 Å². The van der Waals surface area contributed by atoms with E-state index in [2.05, 4.69) is 19.9 Å². The Morgan fingerprint density at radius 3 is 2.52 bits per heavy atom. The largest absolute Gasteiger partial charge is 0.301 e. The first-order chi connectivity index (χ1) is 14.8. The normalized spacial score (nSPS) is 17.0. The van der Waals surface area contributed by atoms with E-state index in [1.807, 2.05) is 31.2 Å². The number of piperidine rings is 1. The Morgan fingerprint density at radius 1 is 1.16 bits per heavy atom. The molecular weight excluding hydrogens is 456 g/mol. The van der Waals surface area contributed by atoms with Crippen molar-refractivity contribution in [3.63, 3.8) is 0 Å². The molecule has 1 aromatic heterocycles. The van der Waals surface area contributed by atoms with Crippen molar-refractivity contribution in [3.05, 3.63) is 53.6 Å². The zero-order valence-electron chi connectivity index (χ0n) is 16.9. The molecular formula is C21H23ClN4O3S2. The summed E-state index contributed by atoms with van der Waals surface area (Å²) in [5.41, 5.74) is 0.865. The molecule has 2 heterocycles. The first kappa shape index (κ1) is 22.2. The second-order valence-corrected chi connectivity index (χ2v) is 10.7. The molecule has 1 amide bonds. The second kappa shape index (κ2) is 9.22. The van der Waals surface area contributed by atoms with Crippen molar-refractivity contribution in [1.82, 2.24) is 14.6 Å². The predicted octanol–water partition coefficient (Wildman–Crippen LogP) is 3.72. The highest BCUT2D eigenvalue weighted by molar-refractivity contribution is 7.89. The number of para-hydroxylation sites is 1. The number of amides is 1. The zero-order valence-corrected chi connectivity index (χ0v) is 19.3. The Bertz CT molecular complexity index is 1140. The molecule has 1 unspecified atom stereocenters. The number of anilines is 1. The molecule has 0 saturated carbocycles. The molecule has 1 saturated heterocycles. The van der Waals surface area contributed by atoms with E-state index in [1.54, 1.807) is 12.1 Å². The minimum atomic E-state index is -3.60. The van der Waals surface area contributed by atoms with E-state index in [0.29, 0.717) is 36.1 Å². The lowest BCUT2D eigenvalue weighted by atomic mass is 10.0. The van der Waals surface area contributed by atoms with Gasteiger partial charge in [0.15, 0.2) is 5.13 Å². The van der Waals surface area contributed by atoms with Crippen LogP contribution < -0.4 is 10.0 Å². The average Bonchev–Trinajstić information content (AvgIpc) is 3.16. The highest BCUT2D eigenvalue weighted by Gasteiger charge is 2.29. The van der Waals surface area contributed by atoms with Crippen molar-refractivity contribution in [2.24, 2.45) is 0 Å². The van der Waals surface area contributed by atoms with Crippen LogP contribution in [0.3, 0.4) is 0 Å². The van der Waals surface area contributed by atoms with Gasteiger partial charge in [0.25, 0.3) is 0 Å².